The van der Waals surface area contributed by atoms with E-state index in [-0.39, 0.29) is 5.97 Å². The van der Waals surface area contributed by atoms with Crippen molar-refractivity contribution in [3.05, 3.63) is 89.8 Å². The highest BCUT2D eigenvalue weighted by atomic mass is 16.5. The molecule has 5 nitrogen and oxygen atoms in total. The first-order chi connectivity index (χ1) is 14.6. The van der Waals surface area contributed by atoms with Gasteiger partial charge in [-0.1, -0.05) is 42.5 Å². The van der Waals surface area contributed by atoms with Crippen LogP contribution >= 0.6 is 0 Å². The maximum Gasteiger partial charge on any atom is 0.330 e. The van der Waals surface area contributed by atoms with E-state index in [1.165, 1.54) is 6.08 Å². The lowest BCUT2D eigenvalue weighted by Gasteiger charge is -2.07. The van der Waals surface area contributed by atoms with Gasteiger partial charge in [0.25, 0.3) is 0 Å². The van der Waals surface area contributed by atoms with E-state index in [1.54, 1.807) is 13.0 Å². The van der Waals surface area contributed by atoms with E-state index >= 15 is 0 Å². The van der Waals surface area contributed by atoms with Gasteiger partial charge in [0.15, 0.2) is 0 Å². The molecule has 0 aliphatic carbocycles. The Morgan fingerprint density at radius 2 is 1.93 bits per heavy atom. The summed E-state index contributed by atoms with van der Waals surface area (Å²) in [7, 11) is 0. The van der Waals surface area contributed by atoms with Crippen LogP contribution in [0.2, 0.25) is 0 Å². The van der Waals surface area contributed by atoms with Crippen molar-refractivity contribution in [3.8, 4) is 17.2 Å². The average Bonchev–Trinajstić information content (AvgIpc) is 3.14. The van der Waals surface area contributed by atoms with Crippen LogP contribution in [0.15, 0.2) is 77.2 Å². The van der Waals surface area contributed by atoms with Crippen molar-refractivity contribution in [2.45, 2.75) is 27.4 Å². The van der Waals surface area contributed by atoms with Crippen molar-refractivity contribution in [2.24, 2.45) is 0 Å². The second-order valence-corrected chi connectivity index (χ2v) is 6.67. The van der Waals surface area contributed by atoms with Gasteiger partial charge in [-0.15, -0.1) is 0 Å². The Morgan fingerprint density at radius 1 is 1.13 bits per heavy atom. The minimum atomic E-state index is -0.350. The van der Waals surface area contributed by atoms with Crippen molar-refractivity contribution in [1.29, 1.82) is 0 Å². The molecule has 0 N–H and O–H groups in total. The number of esters is 1. The van der Waals surface area contributed by atoms with Gasteiger partial charge in [0.05, 0.1) is 6.61 Å². The second-order valence-electron chi connectivity index (χ2n) is 6.67. The molecule has 2 aromatic carbocycles. The first-order valence-electron chi connectivity index (χ1n) is 9.83. The van der Waals surface area contributed by atoms with Gasteiger partial charge in [-0.2, -0.15) is 0 Å². The normalized spacial score (nSPS) is 11.6. The van der Waals surface area contributed by atoms with Crippen molar-refractivity contribution in [3.63, 3.8) is 0 Å². The molecule has 0 aliphatic rings. The van der Waals surface area contributed by atoms with Crippen LogP contribution in [0.3, 0.4) is 0 Å². The third-order valence-corrected chi connectivity index (χ3v) is 4.44. The third-order valence-electron chi connectivity index (χ3n) is 4.44. The molecule has 0 saturated heterocycles. The van der Waals surface area contributed by atoms with Gasteiger partial charge >= 0.3 is 5.97 Å². The van der Waals surface area contributed by atoms with Crippen LogP contribution in [0.4, 0.5) is 0 Å². The number of aryl methyl sites for hydroxylation is 1. The number of allylic oxidation sites excluding steroid dienone is 3. The lowest BCUT2D eigenvalue weighted by atomic mass is 10.1. The molecule has 0 atom stereocenters. The summed E-state index contributed by atoms with van der Waals surface area (Å²) >= 11 is 0. The first kappa shape index (κ1) is 21.1. The van der Waals surface area contributed by atoms with E-state index in [4.69, 9.17) is 13.9 Å². The number of carbonyl (C=O) groups excluding carboxylic acids is 1. The minimum Gasteiger partial charge on any atom is -0.487 e. The topological polar surface area (TPSA) is 61.6 Å². The monoisotopic (exact) mass is 403 g/mol. The maximum absolute atomic E-state index is 11.4. The second kappa shape index (κ2) is 10.3. The molecule has 0 bridgehead atoms. The van der Waals surface area contributed by atoms with E-state index in [9.17, 15) is 4.79 Å². The molecule has 0 fully saturated rings. The fourth-order valence-electron chi connectivity index (χ4n) is 2.81. The number of ether oxygens (including phenoxy) is 2. The molecule has 1 heterocycles. The molecule has 3 aromatic rings. The fraction of sp³-hybridized carbons (Fsp3) is 0.200. The minimum absolute atomic E-state index is 0.317. The molecule has 1 aromatic heterocycles. The van der Waals surface area contributed by atoms with Gasteiger partial charge in [-0.05, 0) is 56.2 Å². The van der Waals surface area contributed by atoms with Crippen molar-refractivity contribution >= 4 is 11.5 Å². The van der Waals surface area contributed by atoms with Gasteiger partial charge in [0, 0.05) is 11.6 Å². The molecule has 30 heavy (non-hydrogen) atoms. The summed E-state index contributed by atoms with van der Waals surface area (Å²) in [4.78, 5) is 16.0. The predicted octanol–water partition coefficient (Wildman–Crippen LogP) is 5.75. The number of hydrogen-bond acceptors (Lipinski definition) is 5. The molecule has 3 rings (SSSR count). The van der Waals surface area contributed by atoms with E-state index in [0.29, 0.717) is 19.1 Å². The van der Waals surface area contributed by atoms with Crippen LogP contribution in [0.25, 0.3) is 17.0 Å². The number of carbonyl (C=O) groups is 1. The highest BCUT2D eigenvalue weighted by molar-refractivity contribution is 5.82. The Hall–Kier alpha value is -3.60. The molecule has 5 heteroatoms. The Morgan fingerprint density at radius 3 is 2.70 bits per heavy atom. The number of oxazole rings is 1. The number of aromatic nitrogens is 1. The van der Waals surface area contributed by atoms with Gasteiger partial charge in [-0.3, -0.25) is 0 Å². The van der Waals surface area contributed by atoms with Crippen molar-refractivity contribution in [1.82, 2.24) is 4.98 Å². The molecule has 0 unspecified atom stereocenters. The number of rotatable bonds is 8. The van der Waals surface area contributed by atoms with Gasteiger partial charge in [-0.25, -0.2) is 9.78 Å². The maximum atomic E-state index is 11.4. The van der Waals surface area contributed by atoms with E-state index in [0.717, 1.165) is 33.9 Å². The third kappa shape index (κ3) is 5.70. The van der Waals surface area contributed by atoms with Crippen LogP contribution < -0.4 is 4.74 Å². The van der Waals surface area contributed by atoms with Crippen molar-refractivity contribution in [2.75, 3.05) is 6.61 Å². The first-order valence-corrected chi connectivity index (χ1v) is 9.83. The molecule has 0 aliphatic heterocycles. The summed E-state index contributed by atoms with van der Waals surface area (Å²) in [5.74, 6) is 1.72. The number of benzene rings is 2. The molecular formula is C25H25NO4. The van der Waals surface area contributed by atoms with E-state index in [2.05, 4.69) is 4.98 Å². The smallest absolute Gasteiger partial charge is 0.330 e. The zero-order chi connectivity index (χ0) is 21.3. The summed E-state index contributed by atoms with van der Waals surface area (Å²) in [6.07, 6.45) is 4.96. The molecule has 0 saturated carbocycles. The molecule has 0 radical (unpaired) electrons. The van der Waals surface area contributed by atoms with Gasteiger partial charge < -0.3 is 13.9 Å². The molecule has 0 spiro atoms. The molecule has 154 valence electrons. The summed E-state index contributed by atoms with van der Waals surface area (Å²) in [6.45, 7) is 6.32. The van der Waals surface area contributed by atoms with Crippen molar-refractivity contribution < 1.29 is 18.7 Å². The van der Waals surface area contributed by atoms with Gasteiger partial charge in [0.1, 0.15) is 23.8 Å². The number of hydrogen-bond donors (Lipinski definition) is 0. The zero-order valence-electron chi connectivity index (χ0n) is 17.4. The van der Waals surface area contributed by atoms with E-state index < -0.39 is 0 Å². The Bertz CT molecular complexity index is 1050. The molecule has 0 amide bonds. The SMILES string of the molecule is CCOC(=O)C=CC=C(C)c1cccc(OCc2nc(-c3ccccc3)oc2C)c1. The Balaban J connectivity index is 1.66. The lowest BCUT2D eigenvalue weighted by Crippen LogP contribution is -1.98. The standard InChI is InChI=1S/C25H25NO4/c1-4-28-24(27)15-8-10-18(2)21-13-9-14-22(16-21)29-17-23-19(3)30-25(26-23)20-11-6-5-7-12-20/h5-16H,4,17H2,1-3H3. The van der Waals surface area contributed by atoms with Crippen LogP contribution in [-0.4, -0.2) is 17.6 Å². The molecular weight excluding hydrogens is 378 g/mol. The Kier molecular flexibility index (Phi) is 7.22. The summed E-state index contributed by atoms with van der Waals surface area (Å²) in [6, 6.07) is 17.6. The quantitative estimate of drug-likeness (QED) is 0.272. The number of nitrogens with zero attached hydrogens (tertiary/aromatic N) is 1. The summed E-state index contributed by atoms with van der Waals surface area (Å²) in [5.41, 5.74) is 3.71. The summed E-state index contributed by atoms with van der Waals surface area (Å²) < 4.78 is 16.6. The Labute approximate surface area is 176 Å². The largest absolute Gasteiger partial charge is 0.487 e. The highest BCUT2D eigenvalue weighted by Gasteiger charge is 2.12. The summed E-state index contributed by atoms with van der Waals surface area (Å²) in [5, 5.41) is 0. The van der Waals surface area contributed by atoms with Gasteiger partial charge in [0.2, 0.25) is 5.89 Å². The zero-order valence-corrected chi connectivity index (χ0v) is 17.4. The average molecular weight is 403 g/mol. The van der Waals surface area contributed by atoms with Crippen LogP contribution in [0, 0.1) is 6.92 Å². The van der Waals surface area contributed by atoms with Crippen LogP contribution in [0.1, 0.15) is 30.9 Å². The van der Waals surface area contributed by atoms with E-state index in [1.807, 2.05) is 74.5 Å². The van der Waals surface area contributed by atoms with Crippen LogP contribution in [0.5, 0.6) is 5.75 Å². The highest BCUT2D eigenvalue weighted by Crippen LogP contribution is 2.24. The fourth-order valence-corrected chi connectivity index (χ4v) is 2.81. The lowest BCUT2D eigenvalue weighted by molar-refractivity contribution is -0.137. The predicted molar refractivity (Wildman–Crippen MR) is 117 cm³/mol. The van der Waals surface area contributed by atoms with Crippen LogP contribution in [-0.2, 0) is 16.1 Å².